The molecule has 0 spiro atoms. The lowest BCUT2D eigenvalue weighted by molar-refractivity contribution is 0.103. The molecule has 0 saturated carbocycles. The van der Waals surface area contributed by atoms with Crippen LogP contribution in [-0.4, -0.2) is 29.8 Å². The summed E-state index contributed by atoms with van der Waals surface area (Å²) < 4.78 is 5.81. The second kappa shape index (κ2) is 6.93. The number of H-pyrrole nitrogens is 1. The fraction of sp³-hybridized carbons (Fsp3) is 0.100. The Bertz CT molecular complexity index is 979. The summed E-state index contributed by atoms with van der Waals surface area (Å²) in [6, 6.07) is 18.7. The fourth-order valence-electron chi connectivity index (χ4n) is 2.46. The lowest BCUT2D eigenvalue weighted by Gasteiger charge is -2.04. The van der Waals surface area contributed by atoms with E-state index in [0.717, 1.165) is 16.7 Å². The van der Waals surface area contributed by atoms with Crippen LogP contribution in [0, 0.1) is 11.3 Å². The molecule has 1 N–H and O–H groups in total. The van der Waals surface area contributed by atoms with Crippen LogP contribution in [0.5, 0.6) is 11.5 Å². The number of nitrogens with zero attached hydrogens (tertiary/aromatic N) is 2. The number of carbonyl (C=O) groups excluding carboxylic acids is 1. The van der Waals surface area contributed by atoms with Crippen LogP contribution in [0.25, 0.3) is 10.9 Å². The normalized spacial score (nSPS) is 11.2. The number of ketones is 1. The van der Waals surface area contributed by atoms with Crippen LogP contribution < -0.4 is 4.74 Å². The molecule has 0 atom stereocenters. The van der Waals surface area contributed by atoms with Crippen molar-refractivity contribution in [1.29, 1.82) is 5.26 Å². The number of para-hydroxylation sites is 1. The number of hydrogen-bond acceptors (Lipinski definition) is 4. The van der Waals surface area contributed by atoms with Crippen LogP contribution >= 0.6 is 0 Å². The smallest absolute Gasteiger partial charge is 0.221 e. The molecule has 25 heavy (non-hydrogen) atoms. The summed E-state index contributed by atoms with van der Waals surface area (Å²) in [5.41, 5.74) is 1.27. The van der Waals surface area contributed by atoms with E-state index in [1.54, 1.807) is 25.1 Å². The molecule has 0 amide bonds. The molecule has 3 rings (SSSR count). The number of hydrogen-bond donors (Lipinski definition) is 1. The van der Waals surface area contributed by atoms with Crippen molar-refractivity contribution in [2.24, 2.45) is 0 Å². The SMILES string of the molecule is CN(C)/C=C(/C#N)C(=O)c1cc2cc(Oc3ccccc3)ccc2[nH]1. The maximum absolute atomic E-state index is 12.5. The first-order valence-corrected chi connectivity index (χ1v) is 7.75. The summed E-state index contributed by atoms with van der Waals surface area (Å²) in [5, 5.41) is 10.0. The van der Waals surface area contributed by atoms with Crippen LogP contribution in [-0.2, 0) is 0 Å². The van der Waals surface area contributed by atoms with Gasteiger partial charge in [0.1, 0.15) is 23.1 Å². The minimum atomic E-state index is -0.335. The second-order valence-corrected chi connectivity index (χ2v) is 5.79. The highest BCUT2D eigenvalue weighted by Gasteiger charge is 2.15. The van der Waals surface area contributed by atoms with Crippen molar-refractivity contribution in [1.82, 2.24) is 9.88 Å². The number of benzene rings is 2. The number of aromatic nitrogens is 1. The zero-order chi connectivity index (χ0) is 17.8. The number of Topliss-reactive ketones (excluding diaryl/α,β-unsaturated/α-hetero) is 1. The van der Waals surface area contributed by atoms with Gasteiger partial charge in [0, 0.05) is 31.2 Å². The van der Waals surface area contributed by atoms with Crippen LogP contribution in [0.2, 0.25) is 0 Å². The van der Waals surface area contributed by atoms with E-state index in [2.05, 4.69) is 4.98 Å². The largest absolute Gasteiger partial charge is 0.457 e. The van der Waals surface area contributed by atoms with E-state index in [9.17, 15) is 10.1 Å². The summed E-state index contributed by atoms with van der Waals surface area (Å²) in [6.07, 6.45) is 1.51. The number of carbonyl (C=O) groups is 1. The van der Waals surface area contributed by atoms with Crippen molar-refractivity contribution >= 4 is 16.7 Å². The maximum atomic E-state index is 12.5. The van der Waals surface area contributed by atoms with Gasteiger partial charge >= 0.3 is 0 Å². The van der Waals surface area contributed by atoms with Crippen molar-refractivity contribution in [3.63, 3.8) is 0 Å². The topological polar surface area (TPSA) is 69.1 Å². The second-order valence-electron chi connectivity index (χ2n) is 5.79. The molecule has 2 aromatic carbocycles. The number of ether oxygens (including phenoxy) is 1. The van der Waals surface area contributed by atoms with Gasteiger partial charge in [0.2, 0.25) is 5.78 Å². The average Bonchev–Trinajstić information content (AvgIpc) is 3.03. The van der Waals surface area contributed by atoms with Crippen molar-refractivity contribution in [2.45, 2.75) is 0 Å². The third-order valence-corrected chi connectivity index (χ3v) is 3.57. The molecule has 0 saturated heterocycles. The highest BCUT2D eigenvalue weighted by atomic mass is 16.5. The van der Waals surface area contributed by atoms with Crippen LogP contribution in [0.3, 0.4) is 0 Å². The van der Waals surface area contributed by atoms with Gasteiger partial charge in [-0.3, -0.25) is 4.79 Å². The lowest BCUT2D eigenvalue weighted by atomic mass is 10.1. The van der Waals surface area contributed by atoms with Crippen LogP contribution in [0.4, 0.5) is 0 Å². The fourth-order valence-corrected chi connectivity index (χ4v) is 2.46. The van der Waals surface area contributed by atoms with Crippen molar-refractivity contribution in [3.8, 4) is 17.6 Å². The summed E-state index contributed by atoms with van der Waals surface area (Å²) >= 11 is 0. The number of nitriles is 1. The Morgan fingerprint density at radius 3 is 2.56 bits per heavy atom. The zero-order valence-electron chi connectivity index (χ0n) is 14.0. The summed E-state index contributed by atoms with van der Waals surface area (Å²) in [6.45, 7) is 0. The van der Waals surface area contributed by atoms with Gasteiger partial charge in [-0.2, -0.15) is 5.26 Å². The first kappa shape index (κ1) is 16.3. The summed E-state index contributed by atoms with van der Waals surface area (Å²) in [7, 11) is 3.53. The van der Waals surface area contributed by atoms with Gasteiger partial charge in [0.05, 0.1) is 5.69 Å². The van der Waals surface area contributed by atoms with E-state index >= 15 is 0 Å². The van der Waals surface area contributed by atoms with Gasteiger partial charge < -0.3 is 14.6 Å². The molecule has 0 aliphatic heterocycles. The first-order chi connectivity index (χ1) is 12.1. The average molecular weight is 331 g/mol. The molecule has 5 nitrogen and oxygen atoms in total. The number of nitrogens with one attached hydrogen (secondary N) is 1. The van der Waals surface area contributed by atoms with Crippen LogP contribution in [0.1, 0.15) is 10.5 Å². The minimum absolute atomic E-state index is 0.0808. The van der Waals surface area contributed by atoms with E-state index < -0.39 is 0 Å². The van der Waals surface area contributed by atoms with Crippen LogP contribution in [0.15, 0.2) is 66.4 Å². The minimum Gasteiger partial charge on any atom is -0.457 e. The van der Waals surface area contributed by atoms with Gasteiger partial charge in [-0.05, 0) is 36.4 Å². The Balaban J connectivity index is 1.90. The van der Waals surface area contributed by atoms with Crippen molar-refractivity contribution < 1.29 is 9.53 Å². The number of rotatable bonds is 5. The van der Waals surface area contributed by atoms with Crippen molar-refractivity contribution in [2.75, 3.05) is 14.1 Å². The molecule has 0 aliphatic carbocycles. The zero-order valence-corrected chi connectivity index (χ0v) is 14.0. The number of fused-ring (bicyclic) bond motifs is 1. The Kier molecular flexibility index (Phi) is 4.53. The van der Waals surface area contributed by atoms with Crippen molar-refractivity contribution in [3.05, 3.63) is 72.1 Å². The number of allylic oxidation sites excluding steroid dienone is 1. The van der Waals surface area contributed by atoms with E-state index in [4.69, 9.17) is 4.74 Å². The molecule has 0 unspecified atom stereocenters. The van der Waals surface area contributed by atoms with Gasteiger partial charge in [-0.15, -0.1) is 0 Å². The molecule has 124 valence electrons. The quantitative estimate of drug-likeness (QED) is 0.434. The lowest BCUT2D eigenvalue weighted by Crippen LogP contribution is -2.09. The Morgan fingerprint density at radius 2 is 1.88 bits per heavy atom. The van der Waals surface area contributed by atoms with E-state index in [1.807, 2.05) is 54.6 Å². The van der Waals surface area contributed by atoms with E-state index in [1.165, 1.54) is 6.20 Å². The molecule has 1 aromatic heterocycles. The summed E-state index contributed by atoms with van der Waals surface area (Å²) in [5.74, 6) is 1.09. The predicted octanol–water partition coefficient (Wildman–Crippen LogP) is 4.11. The molecule has 0 aliphatic rings. The Morgan fingerprint density at radius 1 is 1.12 bits per heavy atom. The molecule has 3 aromatic rings. The Hall–Kier alpha value is -3.52. The standard InChI is InChI=1S/C20H17N3O2/c1-23(2)13-15(12-21)20(24)19-11-14-10-17(8-9-18(14)22-19)25-16-6-4-3-5-7-16/h3-11,13,22H,1-2H3/b15-13-. The monoisotopic (exact) mass is 331 g/mol. The third kappa shape index (κ3) is 3.70. The van der Waals surface area contributed by atoms with E-state index in [0.29, 0.717) is 11.4 Å². The molecule has 1 heterocycles. The van der Waals surface area contributed by atoms with Gasteiger partial charge in [0.25, 0.3) is 0 Å². The third-order valence-electron chi connectivity index (χ3n) is 3.57. The molecule has 5 heteroatoms. The molecule has 0 radical (unpaired) electrons. The van der Waals surface area contributed by atoms with Gasteiger partial charge in [0.15, 0.2) is 0 Å². The molecule has 0 bridgehead atoms. The molecule has 0 fully saturated rings. The first-order valence-electron chi connectivity index (χ1n) is 7.75. The molecular formula is C20H17N3O2. The summed E-state index contributed by atoms with van der Waals surface area (Å²) in [4.78, 5) is 17.2. The maximum Gasteiger partial charge on any atom is 0.221 e. The van der Waals surface area contributed by atoms with Gasteiger partial charge in [-0.25, -0.2) is 0 Å². The molecular weight excluding hydrogens is 314 g/mol. The van der Waals surface area contributed by atoms with E-state index in [-0.39, 0.29) is 11.4 Å². The highest BCUT2D eigenvalue weighted by molar-refractivity contribution is 6.12. The predicted molar refractivity (Wildman–Crippen MR) is 96.5 cm³/mol. The Labute approximate surface area is 145 Å². The van der Waals surface area contributed by atoms with Gasteiger partial charge in [-0.1, -0.05) is 18.2 Å². The number of aromatic amines is 1. The highest BCUT2D eigenvalue weighted by Crippen LogP contribution is 2.26.